The molecular weight excluding hydrogens is 270 g/mol. The molecule has 1 aliphatic heterocycles. The molecule has 0 aromatic carbocycles. The smallest absolute Gasteiger partial charge is 0.245 e. The number of rotatable bonds is 4. The highest BCUT2D eigenvalue weighted by molar-refractivity contribution is 6.00. The Labute approximate surface area is 124 Å². The van der Waals surface area contributed by atoms with Crippen molar-refractivity contribution in [1.82, 2.24) is 15.1 Å². The van der Waals surface area contributed by atoms with Crippen molar-refractivity contribution >= 4 is 5.84 Å². The molecule has 2 heterocycles. The Hall–Kier alpha value is -1.89. The van der Waals surface area contributed by atoms with Crippen molar-refractivity contribution in [2.75, 3.05) is 20.2 Å². The lowest BCUT2D eigenvalue weighted by atomic mass is 10.0. The average molecular weight is 293 g/mol. The molecule has 0 radical (unpaired) electrons. The van der Waals surface area contributed by atoms with E-state index in [1.54, 1.807) is 0 Å². The first-order valence-corrected chi connectivity index (χ1v) is 7.19. The van der Waals surface area contributed by atoms with E-state index in [0.29, 0.717) is 24.1 Å². The fourth-order valence-electron chi connectivity index (χ4n) is 2.57. The van der Waals surface area contributed by atoms with Crippen LogP contribution >= 0.6 is 0 Å². The number of aromatic nitrogens is 2. The number of oxime groups is 1. The zero-order chi connectivity index (χ0) is 15.4. The largest absolute Gasteiger partial charge is 0.474 e. The number of likely N-dealkylation sites (tertiary alicyclic amines) is 1. The monoisotopic (exact) mass is 293 g/mol. The number of ether oxygens (including phenoxy) is 1. The van der Waals surface area contributed by atoms with Gasteiger partial charge < -0.3 is 20.6 Å². The molecule has 1 atom stereocenters. The molecule has 0 aliphatic carbocycles. The van der Waals surface area contributed by atoms with Crippen LogP contribution in [-0.4, -0.2) is 52.4 Å². The van der Waals surface area contributed by atoms with Gasteiger partial charge in [-0.15, -0.1) is 5.10 Å². The van der Waals surface area contributed by atoms with Crippen molar-refractivity contribution in [2.45, 2.75) is 39.2 Å². The lowest BCUT2D eigenvalue weighted by Gasteiger charge is -2.32. The molecule has 1 aromatic rings. The summed E-state index contributed by atoms with van der Waals surface area (Å²) in [5.41, 5.74) is 7.81. The normalized spacial score (nSPS) is 20.5. The van der Waals surface area contributed by atoms with Crippen LogP contribution in [0.25, 0.3) is 0 Å². The maximum absolute atomic E-state index is 8.94. The number of piperidine rings is 1. The molecule has 21 heavy (non-hydrogen) atoms. The maximum atomic E-state index is 8.94. The molecule has 0 bridgehead atoms. The standard InChI is InChI=1S/C14H23N5O2/c1-9-10(2)16-17-14(12(9)13(15)18-20)21-8-11-6-4-5-7-19(11)3/h11,20H,4-8H2,1-3H3,(H2,15,18). The summed E-state index contributed by atoms with van der Waals surface area (Å²) in [6, 6.07) is 0.363. The van der Waals surface area contributed by atoms with Crippen LogP contribution < -0.4 is 10.5 Å². The first-order chi connectivity index (χ1) is 10.0. The first-order valence-electron chi connectivity index (χ1n) is 7.19. The van der Waals surface area contributed by atoms with Gasteiger partial charge in [0, 0.05) is 6.04 Å². The van der Waals surface area contributed by atoms with Gasteiger partial charge >= 0.3 is 0 Å². The number of nitrogens with zero attached hydrogens (tertiary/aromatic N) is 4. The van der Waals surface area contributed by atoms with Gasteiger partial charge in [0.2, 0.25) is 5.88 Å². The molecule has 1 fully saturated rings. The van der Waals surface area contributed by atoms with E-state index in [4.69, 9.17) is 15.7 Å². The first kappa shape index (κ1) is 15.5. The van der Waals surface area contributed by atoms with E-state index < -0.39 is 0 Å². The lowest BCUT2D eigenvalue weighted by Crippen LogP contribution is -2.40. The fraction of sp³-hybridized carbons (Fsp3) is 0.643. The molecule has 1 unspecified atom stereocenters. The summed E-state index contributed by atoms with van der Waals surface area (Å²) in [7, 11) is 2.10. The molecule has 1 aliphatic rings. The molecule has 1 saturated heterocycles. The van der Waals surface area contributed by atoms with Gasteiger partial charge in [0.15, 0.2) is 5.84 Å². The fourth-order valence-corrected chi connectivity index (χ4v) is 2.57. The second-order valence-corrected chi connectivity index (χ2v) is 5.52. The second-order valence-electron chi connectivity index (χ2n) is 5.52. The van der Waals surface area contributed by atoms with Crippen LogP contribution in [0.15, 0.2) is 5.16 Å². The molecule has 0 saturated carbocycles. The van der Waals surface area contributed by atoms with Crippen LogP contribution in [-0.2, 0) is 0 Å². The Morgan fingerprint density at radius 1 is 1.43 bits per heavy atom. The molecule has 2 rings (SSSR count). The van der Waals surface area contributed by atoms with Crippen molar-refractivity contribution in [1.29, 1.82) is 0 Å². The molecule has 7 heteroatoms. The Kier molecular flexibility index (Phi) is 4.95. The van der Waals surface area contributed by atoms with Crippen LogP contribution in [0.1, 0.15) is 36.1 Å². The third-order valence-electron chi connectivity index (χ3n) is 4.12. The number of hydrogen-bond acceptors (Lipinski definition) is 6. The van der Waals surface area contributed by atoms with Gasteiger partial charge in [0.05, 0.1) is 11.3 Å². The zero-order valence-electron chi connectivity index (χ0n) is 12.8. The van der Waals surface area contributed by atoms with E-state index in [1.165, 1.54) is 12.8 Å². The summed E-state index contributed by atoms with van der Waals surface area (Å²) in [6.45, 7) is 5.30. The summed E-state index contributed by atoms with van der Waals surface area (Å²) < 4.78 is 5.82. The highest BCUT2D eigenvalue weighted by Crippen LogP contribution is 2.22. The number of likely N-dealkylation sites (N-methyl/N-ethyl adjacent to an activating group) is 1. The van der Waals surface area contributed by atoms with E-state index in [1.807, 2.05) is 13.8 Å². The second kappa shape index (κ2) is 6.71. The third-order valence-corrected chi connectivity index (χ3v) is 4.12. The third kappa shape index (κ3) is 3.41. The van der Waals surface area contributed by atoms with Gasteiger partial charge in [0.1, 0.15) is 6.61 Å². The molecule has 116 valence electrons. The zero-order valence-corrected chi connectivity index (χ0v) is 12.8. The molecule has 0 amide bonds. The molecule has 1 aromatic heterocycles. The van der Waals surface area contributed by atoms with Crippen LogP contribution in [0, 0.1) is 13.8 Å². The van der Waals surface area contributed by atoms with E-state index in [9.17, 15) is 0 Å². The Morgan fingerprint density at radius 3 is 2.86 bits per heavy atom. The van der Waals surface area contributed by atoms with E-state index in [-0.39, 0.29) is 5.84 Å². The minimum Gasteiger partial charge on any atom is -0.474 e. The predicted octanol–water partition coefficient (Wildman–Crippen LogP) is 1.05. The molecule has 7 nitrogen and oxygen atoms in total. The van der Waals surface area contributed by atoms with Gasteiger partial charge in [0.25, 0.3) is 0 Å². The van der Waals surface area contributed by atoms with Crippen molar-refractivity contribution in [3.05, 3.63) is 16.8 Å². The predicted molar refractivity (Wildman–Crippen MR) is 79.8 cm³/mol. The van der Waals surface area contributed by atoms with Crippen LogP contribution in [0.5, 0.6) is 5.88 Å². The number of nitrogens with two attached hydrogens (primary N) is 1. The Morgan fingerprint density at radius 2 is 2.19 bits per heavy atom. The molecule has 3 N–H and O–H groups in total. The Balaban J connectivity index is 2.18. The number of hydrogen-bond donors (Lipinski definition) is 2. The van der Waals surface area contributed by atoms with Crippen LogP contribution in [0.4, 0.5) is 0 Å². The summed E-state index contributed by atoms with van der Waals surface area (Å²) in [6.07, 6.45) is 3.55. The lowest BCUT2D eigenvalue weighted by molar-refractivity contribution is 0.122. The van der Waals surface area contributed by atoms with Gasteiger partial charge in [-0.1, -0.05) is 11.6 Å². The highest BCUT2D eigenvalue weighted by atomic mass is 16.5. The Bertz CT molecular complexity index is 532. The summed E-state index contributed by atoms with van der Waals surface area (Å²) in [5.74, 6) is 0.324. The van der Waals surface area contributed by atoms with Crippen LogP contribution in [0.3, 0.4) is 0 Å². The van der Waals surface area contributed by atoms with Crippen molar-refractivity contribution in [2.24, 2.45) is 10.9 Å². The number of amidine groups is 1. The van der Waals surface area contributed by atoms with E-state index >= 15 is 0 Å². The van der Waals surface area contributed by atoms with E-state index in [0.717, 1.165) is 24.2 Å². The van der Waals surface area contributed by atoms with Gasteiger partial charge in [-0.05, 0) is 45.8 Å². The maximum Gasteiger partial charge on any atom is 0.245 e. The summed E-state index contributed by atoms with van der Waals surface area (Å²) in [4.78, 5) is 2.29. The van der Waals surface area contributed by atoms with Crippen LogP contribution in [0.2, 0.25) is 0 Å². The SMILES string of the molecule is Cc1nnc(OCC2CCCCN2C)c(C(N)=NO)c1C. The number of aryl methyl sites for hydroxylation is 1. The van der Waals surface area contributed by atoms with Crippen molar-refractivity contribution in [3.8, 4) is 5.88 Å². The minimum absolute atomic E-state index is 0.00232. The van der Waals surface area contributed by atoms with Gasteiger partial charge in [-0.3, -0.25) is 0 Å². The average Bonchev–Trinajstić information content (AvgIpc) is 2.49. The summed E-state index contributed by atoms with van der Waals surface area (Å²) >= 11 is 0. The van der Waals surface area contributed by atoms with Gasteiger partial charge in [-0.25, -0.2) is 0 Å². The summed E-state index contributed by atoms with van der Waals surface area (Å²) in [5, 5.41) is 20.1. The van der Waals surface area contributed by atoms with E-state index in [2.05, 4.69) is 27.3 Å². The minimum atomic E-state index is -0.00232. The highest BCUT2D eigenvalue weighted by Gasteiger charge is 2.22. The quantitative estimate of drug-likeness (QED) is 0.373. The molecule has 0 spiro atoms. The van der Waals surface area contributed by atoms with Gasteiger partial charge in [-0.2, -0.15) is 5.10 Å². The topological polar surface area (TPSA) is 96.9 Å². The molecular formula is C14H23N5O2. The van der Waals surface area contributed by atoms with Crippen molar-refractivity contribution < 1.29 is 9.94 Å². The van der Waals surface area contributed by atoms with Crippen molar-refractivity contribution in [3.63, 3.8) is 0 Å².